The van der Waals surface area contributed by atoms with Crippen LogP contribution in [0.3, 0.4) is 0 Å². The molecular formula is C37H51Cl2N3O7. The third-order valence-corrected chi connectivity index (χ3v) is 9.51. The highest BCUT2D eigenvalue weighted by Gasteiger charge is 2.47. The molecule has 49 heavy (non-hydrogen) atoms. The number of aryl methyl sites for hydroxylation is 1. The van der Waals surface area contributed by atoms with E-state index in [0.717, 1.165) is 72.1 Å². The molecule has 7 N–H and O–H groups in total. The fraction of sp³-hybridized carbons (Fsp3) is 0.514. The van der Waals surface area contributed by atoms with Crippen LogP contribution in [0.2, 0.25) is 0 Å². The lowest BCUT2D eigenvalue weighted by atomic mass is 9.83. The molecule has 1 heterocycles. The van der Waals surface area contributed by atoms with Crippen molar-refractivity contribution in [1.82, 2.24) is 15.6 Å². The predicted octanol–water partition coefficient (Wildman–Crippen LogP) is 4.18. The van der Waals surface area contributed by atoms with Gasteiger partial charge in [0.1, 0.15) is 23.6 Å². The van der Waals surface area contributed by atoms with Gasteiger partial charge in [0, 0.05) is 43.0 Å². The van der Waals surface area contributed by atoms with Gasteiger partial charge < -0.3 is 40.9 Å². The van der Waals surface area contributed by atoms with Crippen molar-refractivity contribution < 1.29 is 35.1 Å². The third kappa shape index (κ3) is 9.71. The van der Waals surface area contributed by atoms with E-state index in [1.807, 2.05) is 44.3 Å². The first kappa shape index (κ1) is 40.6. The molecule has 2 aromatic carbocycles. The summed E-state index contributed by atoms with van der Waals surface area (Å²) < 4.78 is 6.23. The summed E-state index contributed by atoms with van der Waals surface area (Å²) in [4.78, 5) is 16.5. The Balaban J connectivity index is 0.00000325. The molecule has 0 bridgehead atoms. The van der Waals surface area contributed by atoms with E-state index in [4.69, 9.17) is 4.74 Å². The van der Waals surface area contributed by atoms with Gasteiger partial charge in [0.2, 0.25) is 5.91 Å². The highest BCUT2D eigenvalue weighted by molar-refractivity contribution is 5.85. The Morgan fingerprint density at radius 2 is 1.80 bits per heavy atom. The van der Waals surface area contributed by atoms with Gasteiger partial charge in [-0.3, -0.25) is 9.78 Å². The lowest BCUT2D eigenvalue weighted by Crippen LogP contribution is -2.55. The van der Waals surface area contributed by atoms with Crippen molar-refractivity contribution in [3.63, 3.8) is 0 Å². The van der Waals surface area contributed by atoms with Crippen LogP contribution in [0.5, 0.6) is 5.75 Å². The van der Waals surface area contributed by atoms with E-state index in [2.05, 4.69) is 21.7 Å². The fourth-order valence-electron chi connectivity index (χ4n) is 6.04. The number of nitrogens with zero attached hydrogens (tertiary/aromatic N) is 1. The number of aliphatic hydroxyl groups is 5. The zero-order valence-electron chi connectivity index (χ0n) is 28.2. The summed E-state index contributed by atoms with van der Waals surface area (Å²) in [5, 5.41) is 60.4. The van der Waals surface area contributed by atoms with Gasteiger partial charge in [-0.2, -0.15) is 0 Å². The second kappa shape index (κ2) is 17.9. The Bertz CT molecular complexity index is 1520. The number of nitrogens with one attached hydrogen (secondary N) is 2. The molecule has 0 aliphatic heterocycles. The minimum Gasteiger partial charge on any atom is -0.490 e. The van der Waals surface area contributed by atoms with Gasteiger partial charge in [0.25, 0.3) is 0 Å². The molecular weight excluding hydrogens is 669 g/mol. The number of para-hydroxylation sites is 1. The van der Waals surface area contributed by atoms with Gasteiger partial charge in [-0.15, -0.1) is 24.8 Å². The quantitative estimate of drug-likeness (QED) is 0.0956. The highest BCUT2D eigenvalue weighted by atomic mass is 35.5. The number of aromatic nitrogens is 1. The minimum absolute atomic E-state index is 0. The van der Waals surface area contributed by atoms with E-state index in [-0.39, 0.29) is 54.5 Å². The van der Waals surface area contributed by atoms with Crippen LogP contribution in [0, 0.1) is 6.92 Å². The van der Waals surface area contributed by atoms with Crippen LogP contribution in [-0.4, -0.2) is 74.0 Å². The number of carbonyl (C=O) groups excluding carboxylic acids is 1. The monoisotopic (exact) mass is 719 g/mol. The maximum Gasteiger partial charge on any atom is 0.220 e. The molecule has 0 saturated heterocycles. The molecule has 3 aromatic rings. The molecule has 0 unspecified atom stereocenters. The van der Waals surface area contributed by atoms with E-state index in [1.54, 1.807) is 24.4 Å². The van der Waals surface area contributed by atoms with Crippen molar-refractivity contribution in [2.45, 2.75) is 107 Å². The van der Waals surface area contributed by atoms with Crippen LogP contribution in [0.4, 0.5) is 0 Å². The van der Waals surface area contributed by atoms with Crippen LogP contribution in [0.25, 0.3) is 11.1 Å². The van der Waals surface area contributed by atoms with E-state index in [0.29, 0.717) is 19.4 Å². The summed E-state index contributed by atoms with van der Waals surface area (Å²) in [5.74, 6) is 0.597. The molecule has 0 spiro atoms. The zero-order valence-corrected chi connectivity index (χ0v) is 29.8. The Morgan fingerprint density at radius 1 is 1.06 bits per heavy atom. The Kier molecular flexibility index (Phi) is 14.9. The molecule has 0 radical (unpaired) electrons. The van der Waals surface area contributed by atoms with Gasteiger partial charge in [-0.05, 0) is 79.0 Å². The highest BCUT2D eigenvalue weighted by Crippen LogP contribution is 2.50. The van der Waals surface area contributed by atoms with Crippen molar-refractivity contribution in [1.29, 1.82) is 0 Å². The van der Waals surface area contributed by atoms with Crippen molar-refractivity contribution in [2.24, 2.45) is 0 Å². The summed E-state index contributed by atoms with van der Waals surface area (Å²) in [7, 11) is 0. The number of amides is 1. The average molecular weight is 721 g/mol. The Labute approximate surface area is 301 Å². The number of aliphatic hydroxyl groups excluding tert-OH is 4. The van der Waals surface area contributed by atoms with Crippen LogP contribution in [0.15, 0.2) is 60.9 Å². The number of ether oxygens (including phenoxy) is 1. The molecule has 4 atom stereocenters. The Morgan fingerprint density at radius 3 is 2.47 bits per heavy atom. The number of hydrogen-bond donors (Lipinski definition) is 7. The molecule has 2 saturated carbocycles. The lowest BCUT2D eigenvalue weighted by molar-refractivity contribution is -0.172. The molecule has 12 heteroatoms. The normalized spacial score (nSPS) is 17.8. The molecule has 1 amide bonds. The van der Waals surface area contributed by atoms with Gasteiger partial charge in [0.05, 0.1) is 18.8 Å². The minimum atomic E-state index is -2.27. The van der Waals surface area contributed by atoms with Gasteiger partial charge in [-0.1, -0.05) is 56.2 Å². The molecule has 2 aliphatic carbocycles. The van der Waals surface area contributed by atoms with Gasteiger partial charge in [-0.25, -0.2) is 0 Å². The maximum atomic E-state index is 12.1. The smallest absolute Gasteiger partial charge is 0.220 e. The fourth-order valence-corrected chi connectivity index (χ4v) is 6.04. The number of halogens is 2. The van der Waals surface area contributed by atoms with Crippen molar-refractivity contribution in [3.8, 4) is 16.9 Å². The predicted molar refractivity (Wildman–Crippen MR) is 193 cm³/mol. The first-order chi connectivity index (χ1) is 22.6. The first-order valence-corrected chi connectivity index (χ1v) is 16.8. The Hall–Kier alpha value is -2.80. The standard InChI is InChI=1S/C37H49N3O7.2ClH/c1-3-4-5-10-33(43)39-22-31(42)34(44)35(45)37(46,23-41)26-12-11-24(2)25(19-26)20-40-36(16-17-36)30-21-38-18-15-28(30)29-8-6-7-9-32(29)47-27-13-14-27;;/h6-9,11-12,15,18-19,21,27,31,34-35,40-42,44-46H,3-5,10,13-14,16-17,20,22-23H2,1-2H3,(H,39,43);2*1H/t31-,34+,35+,37-;;/m0../s1. The zero-order chi connectivity index (χ0) is 33.6. The SMILES string of the molecule is CCCCCC(=O)NC[C@H](O)[C@@H](O)[C@@H](O)[C@](O)(CO)c1ccc(C)c(CNC2(c3cnccc3-c3ccccc3OC3CC3)CC2)c1.Cl.Cl. The van der Waals surface area contributed by atoms with Crippen LogP contribution < -0.4 is 15.4 Å². The van der Waals surface area contributed by atoms with E-state index in [9.17, 15) is 30.3 Å². The number of benzene rings is 2. The van der Waals surface area contributed by atoms with Gasteiger partial charge >= 0.3 is 0 Å². The van der Waals surface area contributed by atoms with Crippen LogP contribution >= 0.6 is 24.8 Å². The molecule has 2 aliphatic rings. The van der Waals surface area contributed by atoms with Crippen molar-refractivity contribution in [2.75, 3.05) is 13.2 Å². The van der Waals surface area contributed by atoms with Gasteiger partial charge in [0.15, 0.2) is 0 Å². The average Bonchev–Trinajstić information content (AvgIpc) is 4.04. The van der Waals surface area contributed by atoms with E-state index in [1.165, 1.54) is 0 Å². The first-order valence-electron chi connectivity index (χ1n) is 16.8. The molecule has 1 aromatic heterocycles. The number of rotatable bonds is 18. The van der Waals surface area contributed by atoms with Crippen LogP contribution in [-0.2, 0) is 22.5 Å². The second-order valence-corrected chi connectivity index (χ2v) is 13.2. The largest absolute Gasteiger partial charge is 0.490 e. The third-order valence-electron chi connectivity index (χ3n) is 9.51. The van der Waals surface area contributed by atoms with Crippen molar-refractivity contribution in [3.05, 3.63) is 83.2 Å². The van der Waals surface area contributed by atoms with Crippen molar-refractivity contribution >= 4 is 30.7 Å². The molecule has 2 fully saturated rings. The molecule has 10 nitrogen and oxygen atoms in total. The molecule has 5 rings (SSSR count). The second-order valence-electron chi connectivity index (χ2n) is 13.2. The molecule has 270 valence electrons. The number of carbonyl (C=O) groups is 1. The maximum absolute atomic E-state index is 12.1. The summed E-state index contributed by atoms with van der Waals surface area (Å²) >= 11 is 0. The number of pyridine rings is 1. The number of hydrogen-bond acceptors (Lipinski definition) is 9. The topological polar surface area (TPSA) is 164 Å². The summed E-state index contributed by atoms with van der Waals surface area (Å²) in [6, 6.07) is 15.2. The van der Waals surface area contributed by atoms with Crippen LogP contribution in [0.1, 0.15) is 80.5 Å². The lowest BCUT2D eigenvalue weighted by Gasteiger charge is -2.36. The van der Waals surface area contributed by atoms with E-state index < -0.39 is 30.5 Å². The number of unbranched alkanes of at least 4 members (excludes halogenated alkanes) is 2. The summed E-state index contributed by atoms with van der Waals surface area (Å²) in [6.07, 6.45) is 5.49. The summed E-state index contributed by atoms with van der Waals surface area (Å²) in [6.45, 7) is 3.20. The summed E-state index contributed by atoms with van der Waals surface area (Å²) in [5.41, 5.74) is 2.56. The van der Waals surface area contributed by atoms with E-state index >= 15 is 0 Å².